The summed E-state index contributed by atoms with van der Waals surface area (Å²) in [7, 11) is 1.40. The van der Waals surface area contributed by atoms with Crippen molar-refractivity contribution in [3.63, 3.8) is 0 Å². The van der Waals surface area contributed by atoms with Crippen molar-refractivity contribution in [3.8, 4) is 0 Å². The van der Waals surface area contributed by atoms with Crippen LogP contribution in [0.2, 0.25) is 0 Å². The Hall–Kier alpha value is -2.04. The zero-order valence-corrected chi connectivity index (χ0v) is 11.3. The summed E-state index contributed by atoms with van der Waals surface area (Å²) in [5, 5.41) is 2.86. The first-order valence-corrected chi connectivity index (χ1v) is 6.65. The van der Waals surface area contributed by atoms with E-state index in [1.54, 1.807) is 0 Å². The Morgan fingerprint density at radius 3 is 2.45 bits per heavy atom. The second-order valence-corrected chi connectivity index (χ2v) is 5.77. The molecule has 2 bridgehead atoms. The van der Waals surface area contributed by atoms with E-state index in [9.17, 15) is 9.59 Å². The zero-order chi connectivity index (χ0) is 14.2. The highest BCUT2D eigenvalue weighted by Gasteiger charge is 2.73. The van der Waals surface area contributed by atoms with Crippen molar-refractivity contribution < 1.29 is 19.1 Å². The van der Waals surface area contributed by atoms with Gasteiger partial charge in [-0.15, -0.1) is 0 Å². The van der Waals surface area contributed by atoms with Crippen LogP contribution < -0.4 is 5.32 Å². The number of esters is 1. The zero-order valence-electron chi connectivity index (χ0n) is 11.3. The normalized spacial score (nSPS) is 29.6. The van der Waals surface area contributed by atoms with Crippen molar-refractivity contribution >= 4 is 12.1 Å². The molecule has 0 aliphatic heterocycles. The highest BCUT2D eigenvalue weighted by molar-refractivity contribution is 5.83. The number of amides is 1. The molecular weight excluding hydrogens is 258 g/mol. The monoisotopic (exact) mass is 275 g/mol. The summed E-state index contributed by atoms with van der Waals surface area (Å²) in [6.07, 6.45) is 1.56. The summed E-state index contributed by atoms with van der Waals surface area (Å²) in [4.78, 5) is 23.3. The Morgan fingerprint density at radius 2 is 1.85 bits per heavy atom. The number of benzene rings is 1. The van der Waals surface area contributed by atoms with Crippen LogP contribution in [0.1, 0.15) is 24.8 Å². The van der Waals surface area contributed by atoms with Crippen LogP contribution in [-0.2, 0) is 20.9 Å². The van der Waals surface area contributed by atoms with Crippen LogP contribution in [0.4, 0.5) is 4.79 Å². The van der Waals surface area contributed by atoms with Gasteiger partial charge in [-0.1, -0.05) is 30.3 Å². The molecule has 0 radical (unpaired) electrons. The van der Waals surface area contributed by atoms with Gasteiger partial charge in [-0.05, 0) is 24.8 Å². The summed E-state index contributed by atoms with van der Waals surface area (Å²) in [6.45, 7) is 0.255. The molecule has 0 saturated heterocycles. The second kappa shape index (κ2) is 4.51. The minimum absolute atomic E-state index is 0.168. The molecule has 5 nitrogen and oxygen atoms in total. The van der Waals surface area contributed by atoms with Gasteiger partial charge in [-0.3, -0.25) is 4.79 Å². The Bertz CT molecular complexity index is 520. The maximum atomic E-state index is 11.7. The SMILES string of the molecule is COC(=O)C12CC(NC(=O)OCc3ccccc3)(C1)C2. The summed E-state index contributed by atoms with van der Waals surface area (Å²) in [6, 6.07) is 9.52. The van der Waals surface area contributed by atoms with Gasteiger partial charge in [0.2, 0.25) is 0 Å². The Kier molecular flexibility index (Phi) is 2.92. The third kappa shape index (κ3) is 2.03. The van der Waals surface area contributed by atoms with E-state index in [1.807, 2.05) is 30.3 Å². The number of nitrogens with one attached hydrogen (secondary N) is 1. The average molecular weight is 275 g/mol. The van der Waals surface area contributed by atoms with E-state index >= 15 is 0 Å². The van der Waals surface area contributed by atoms with Gasteiger partial charge in [0.15, 0.2) is 0 Å². The van der Waals surface area contributed by atoms with Gasteiger partial charge in [0.25, 0.3) is 0 Å². The first-order chi connectivity index (χ1) is 9.57. The van der Waals surface area contributed by atoms with Gasteiger partial charge in [-0.2, -0.15) is 0 Å². The number of ether oxygens (including phenoxy) is 2. The molecule has 4 rings (SSSR count). The standard InChI is InChI=1S/C15H17NO4/c1-19-12(17)14-8-15(9-14,10-14)16-13(18)20-7-11-5-3-2-4-6-11/h2-6H,7-10H2,1H3,(H,16,18). The molecule has 0 spiro atoms. The number of carbonyl (C=O) groups excluding carboxylic acids is 2. The van der Waals surface area contributed by atoms with E-state index < -0.39 is 6.09 Å². The lowest BCUT2D eigenvalue weighted by Gasteiger charge is -2.67. The number of hydrogen-bond donors (Lipinski definition) is 1. The molecule has 0 unspecified atom stereocenters. The smallest absolute Gasteiger partial charge is 0.407 e. The molecular formula is C15H17NO4. The summed E-state index contributed by atoms with van der Waals surface area (Å²) >= 11 is 0. The van der Waals surface area contributed by atoms with Gasteiger partial charge in [0, 0.05) is 5.54 Å². The largest absolute Gasteiger partial charge is 0.469 e. The van der Waals surface area contributed by atoms with Crippen molar-refractivity contribution in [3.05, 3.63) is 35.9 Å². The fourth-order valence-corrected chi connectivity index (χ4v) is 3.33. The van der Waals surface area contributed by atoms with Crippen LogP contribution in [0.25, 0.3) is 0 Å². The summed E-state index contributed by atoms with van der Waals surface area (Å²) in [5.41, 5.74) is 0.356. The predicted molar refractivity (Wildman–Crippen MR) is 70.8 cm³/mol. The Labute approximate surface area is 117 Å². The van der Waals surface area contributed by atoms with E-state index in [0.29, 0.717) is 19.3 Å². The lowest BCUT2D eigenvalue weighted by atomic mass is 9.39. The summed E-state index contributed by atoms with van der Waals surface area (Å²) in [5.74, 6) is -0.168. The molecule has 1 amide bonds. The van der Waals surface area contributed by atoms with Crippen LogP contribution in [0.3, 0.4) is 0 Å². The quantitative estimate of drug-likeness (QED) is 0.854. The van der Waals surface area contributed by atoms with Crippen molar-refractivity contribution in [2.45, 2.75) is 31.4 Å². The fourth-order valence-electron chi connectivity index (χ4n) is 3.33. The highest BCUT2D eigenvalue weighted by Crippen LogP contribution is 2.67. The number of carbonyl (C=O) groups is 2. The topological polar surface area (TPSA) is 64.6 Å². The van der Waals surface area contributed by atoms with Gasteiger partial charge in [-0.25, -0.2) is 4.79 Å². The molecule has 3 aliphatic rings. The third-order valence-electron chi connectivity index (χ3n) is 4.23. The summed E-state index contributed by atoms with van der Waals surface area (Å²) < 4.78 is 9.95. The van der Waals surface area contributed by atoms with Gasteiger partial charge in [0.05, 0.1) is 12.5 Å². The second-order valence-electron chi connectivity index (χ2n) is 5.77. The van der Waals surface area contributed by atoms with Crippen molar-refractivity contribution in [1.82, 2.24) is 5.32 Å². The highest BCUT2D eigenvalue weighted by atomic mass is 16.5. The maximum absolute atomic E-state index is 11.7. The molecule has 3 saturated carbocycles. The van der Waals surface area contributed by atoms with Crippen LogP contribution in [0.5, 0.6) is 0 Å². The molecule has 106 valence electrons. The van der Waals surface area contributed by atoms with Crippen molar-refractivity contribution in [2.75, 3.05) is 7.11 Å². The molecule has 1 aromatic rings. The van der Waals surface area contributed by atoms with Gasteiger partial charge in [0.1, 0.15) is 6.61 Å². The third-order valence-corrected chi connectivity index (χ3v) is 4.23. The Balaban J connectivity index is 1.45. The number of hydrogen-bond acceptors (Lipinski definition) is 4. The maximum Gasteiger partial charge on any atom is 0.407 e. The van der Waals surface area contributed by atoms with Crippen LogP contribution >= 0.6 is 0 Å². The van der Waals surface area contributed by atoms with E-state index in [4.69, 9.17) is 9.47 Å². The van der Waals surface area contributed by atoms with Crippen LogP contribution in [0.15, 0.2) is 30.3 Å². The molecule has 0 heterocycles. The predicted octanol–water partition coefficient (Wildman–Crippen LogP) is 2.01. The van der Waals surface area contributed by atoms with Crippen LogP contribution in [-0.4, -0.2) is 24.7 Å². The lowest BCUT2D eigenvalue weighted by molar-refractivity contribution is -0.200. The fraction of sp³-hybridized carbons (Fsp3) is 0.467. The molecule has 20 heavy (non-hydrogen) atoms. The first kappa shape index (κ1) is 13.0. The van der Waals surface area contributed by atoms with Gasteiger partial charge >= 0.3 is 12.1 Å². The Morgan fingerprint density at radius 1 is 1.20 bits per heavy atom. The van der Waals surface area contributed by atoms with Crippen molar-refractivity contribution in [1.29, 1.82) is 0 Å². The molecule has 3 fully saturated rings. The van der Waals surface area contributed by atoms with E-state index in [-0.39, 0.29) is 23.5 Å². The molecule has 0 aromatic heterocycles. The number of methoxy groups -OCH3 is 1. The van der Waals surface area contributed by atoms with Gasteiger partial charge < -0.3 is 14.8 Å². The first-order valence-electron chi connectivity index (χ1n) is 6.65. The minimum atomic E-state index is -0.424. The van der Waals surface area contributed by atoms with Crippen molar-refractivity contribution in [2.24, 2.45) is 5.41 Å². The van der Waals surface area contributed by atoms with E-state index in [2.05, 4.69) is 5.32 Å². The molecule has 0 atom stereocenters. The molecule has 5 heteroatoms. The minimum Gasteiger partial charge on any atom is -0.469 e. The molecule has 3 aliphatic carbocycles. The molecule has 1 N–H and O–H groups in total. The number of rotatable bonds is 4. The lowest BCUT2D eigenvalue weighted by Crippen LogP contribution is -2.77. The van der Waals surface area contributed by atoms with E-state index in [0.717, 1.165) is 5.56 Å². The number of alkyl carbamates (subject to hydrolysis) is 1. The average Bonchev–Trinajstić information content (AvgIpc) is 2.39. The van der Waals surface area contributed by atoms with E-state index in [1.165, 1.54) is 7.11 Å². The molecule has 1 aromatic carbocycles. The van der Waals surface area contributed by atoms with Crippen LogP contribution in [0, 0.1) is 5.41 Å².